The Bertz CT molecular complexity index is 696. The summed E-state index contributed by atoms with van der Waals surface area (Å²) in [6, 6.07) is 13.8. The third-order valence-corrected chi connectivity index (χ3v) is 4.61. The first-order valence-corrected chi connectivity index (χ1v) is 8.85. The molecule has 0 bridgehead atoms. The number of aromatic nitrogens is 1. The van der Waals surface area contributed by atoms with Gasteiger partial charge in [0, 0.05) is 32.4 Å². The lowest BCUT2D eigenvalue weighted by atomic mass is 10.0. The molecule has 0 saturated carbocycles. The highest BCUT2D eigenvalue weighted by atomic mass is 16.2. The van der Waals surface area contributed by atoms with Gasteiger partial charge in [-0.3, -0.25) is 9.69 Å². The molecule has 0 aliphatic carbocycles. The summed E-state index contributed by atoms with van der Waals surface area (Å²) in [6.45, 7) is 2.43. The van der Waals surface area contributed by atoms with Gasteiger partial charge in [0.15, 0.2) is 0 Å². The largest absolute Gasteiger partial charge is 0.362 e. The summed E-state index contributed by atoms with van der Waals surface area (Å²) in [5.41, 5.74) is 2.08. The van der Waals surface area contributed by atoms with Gasteiger partial charge in [-0.15, -0.1) is 0 Å². The molecule has 25 heavy (non-hydrogen) atoms. The maximum absolute atomic E-state index is 13.0. The Morgan fingerprint density at radius 1 is 1.16 bits per heavy atom. The topological polar surface area (TPSA) is 48.5 Å². The Morgan fingerprint density at radius 2 is 1.88 bits per heavy atom. The van der Waals surface area contributed by atoms with E-state index in [0.717, 1.165) is 42.9 Å². The van der Waals surface area contributed by atoms with Crippen molar-refractivity contribution in [2.24, 2.45) is 0 Å². The Balaban J connectivity index is 1.75. The van der Waals surface area contributed by atoms with Crippen molar-refractivity contribution in [2.75, 3.05) is 32.1 Å². The van der Waals surface area contributed by atoms with Crippen LogP contribution >= 0.6 is 0 Å². The molecule has 2 heterocycles. The molecule has 0 radical (unpaired) electrons. The highest BCUT2D eigenvalue weighted by Gasteiger charge is 2.29. The van der Waals surface area contributed by atoms with Crippen molar-refractivity contribution in [2.45, 2.75) is 25.4 Å². The molecule has 1 aromatic heterocycles. The van der Waals surface area contributed by atoms with E-state index in [1.807, 2.05) is 61.5 Å². The maximum Gasteiger partial charge on any atom is 0.242 e. The van der Waals surface area contributed by atoms with E-state index in [4.69, 9.17) is 0 Å². The monoisotopic (exact) mass is 338 g/mol. The van der Waals surface area contributed by atoms with Crippen LogP contribution in [0.3, 0.4) is 0 Å². The molecular weight excluding hydrogens is 312 g/mol. The van der Waals surface area contributed by atoms with Crippen LogP contribution in [-0.4, -0.2) is 43.0 Å². The fraction of sp³-hybridized carbons (Fsp3) is 0.400. The number of pyridine rings is 1. The number of hydrogen-bond acceptors (Lipinski definition) is 4. The second-order valence-corrected chi connectivity index (χ2v) is 6.65. The van der Waals surface area contributed by atoms with Crippen LogP contribution in [0.5, 0.6) is 0 Å². The Kier molecular flexibility index (Phi) is 5.66. The average molecular weight is 338 g/mol. The number of anilines is 1. The quantitative estimate of drug-likeness (QED) is 0.879. The third-order valence-electron chi connectivity index (χ3n) is 4.61. The Morgan fingerprint density at radius 3 is 2.56 bits per heavy atom. The lowest BCUT2D eigenvalue weighted by Gasteiger charge is -2.27. The van der Waals surface area contributed by atoms with Gasteiger partial charge in [-0.1, -0.05) is 36.4 Å². The van der Waals surface area contributed by atoms with Gasteiger partial charge < -0.3 is 10.2 Å². The first-order chi connectivity index (χ1) is 12.2. The zero-order chi connectivity index (χ0) is 17.6. The number of amides is 1. The van der Waals surface area contributed by atoms with E-state index >= 15 is 0 Å². The molecule has 3 rings (SSSR count). The third kappa shape index (κ3) is 4.17. The highest BCUT2D eigenvalue weighted by molar-refractivity contribution is 5.83. The summed E-state index contributed by atoms with van der Waals surface area (Å²) in [6.07, 6.45) is 4.09. The number of hydrogen-bond donors (Lipinski definition) is 1. The second-order valence-electron chi connectivity index (χ2n) is 6.65. The van der Waals surface area contributed by atoms with Gasteiger partial charge in [0.1, 0.15) is 11.9 Å². The number of benzene rings is 1. The molecule has 2 aromatic rings. The van der Waals surface area contributed by atoms with E-state index in [-0.39, 0.29) is 11.9 Å². The lowest BCUT2D eigenvalue weighted by molar-refractivity contribution is -0.126. The first kappa shape index (κ1) is 17.4. The molecule has 1 amide bonds. The number of carbonyl (C=O) groups excluding carboxylic acids is 1. The summed E-state index contributed by atoms with van der Waals surface area (Å²) < 4.78 is 0. The summed E-state index contributed by atoms with van der Waals surface area (Å²) >= 11 is 0. The molecule has 1 saturated heterocycles. The molecule has 1 atom stereocenters. The molecule has 5 nitrogen and oxygen atoms in total. The SMILES string of the molecule is CN(C)c1ncccc1CNC(=O)[C@H](c1ccccc1)N1CCCC1. The number of nitrogens with zero attached hydrogens (tertiary/aromatic N) is 3. The molecule has 1 aliphatic rings. The molecule has 132 valence electrons. The zero-order valence-corrected chi connectivity index (χ0v) is 15.0. The Labute approximate surface area is 149 Å². The molecule has 1 aliphatic heterocycles. The summed E-state index contributed by atoms with van der Waals surface area (Å²) in [5, 5.41) is 3.12. The van der Waals surface area contributed by atoms with Crippen LogP contribution in [-0.2, 0) is 11.3 Å². The van der Waals surface area contributed by atoms with Crippen molar-refractivity contribution in [1.29, 1.82) is 0 Å². The molecule has 5 heteroatoms. The first-order valence-electron chi connectivity index (χ1n) is 8.85. The van der Waals surface area contributed by atoms with Crippen molar-refractivity contribution in [3.05, 3.63) is 59.8 Å². The summed E-state index contributed by atoms with van der Waals surface area (Å²) in [5.74, 6) is 0.946. The van der Waals surface area contributed by atoms with Gasteiger partial charge in [0.2, 0.25) is 5.91 Å². The molecule has 0 spiro atoms. The van der Waals surface area contributed by atoms with Crippen LogP contribution in [0.25, 0.3) is 0 Å². The van der Waals surface area contributed by atoms with Crippen LogP contribution in [0.2, 0.25) is 0 Å². The van der Waals surface area contributed by atoms with Gasteiger partial charge in [-0.2, -0.15) is 0 Å². The van der Waals surface area contributed by atoms with Gasteiger partial charge >= 0.3 is 0 Å². The van der Waals surface area contributed by atoms with Crippen molar-refractivity contribution in [1.82, 2.24) is 15.2 Å². The van der Waals surface area contributed by atoms with Gasteiger partial charge in [-0.05, 0) is 37.6 Å². The number of carbonyl (C=O) groups is 1. The zero-order valence-electron chi connectivity index (χ0n) is 15.0. The molecule has 1 N–H and O–H groups in total. The van der Waals surface area contributed by atoms with E-state index in [1.165, 1.54) is 0 Å². The predicted molar refractivity (Wildman–Crippen MR) is 100 cm³/mol. The van der Waals surface area contributed by atoms with E-state index in [9.17, 15) is 4.79 Å². The van der Waals surface area contributed by atoms with Crippen LogP contribution in [0, 0.1) is 0 Å². The predicted octanol–water partition coefficient (Wildman–Crippen LogP) is 2.60. The average Bonchev–Trinajstić information content (AvgIpc) is 3.15. The van der Waals surface area contributed by atoms with Crippen LogP contribution < -0.4 is 10.2 Å². The summed E-state index contributed by atoms with van der Waals surface area (Å²) in [7, 11) is 3.93. The minimum atomic E-state index is -0.219. The van der Waals surface area contributed by atoms with Crippen LogP contribution in [0.4, 0.5) is 5.82 Å². The summed E-state index contributed by atoms with van der Waals surface area (Å²) in [4.78, 5) is 21.6. The molecule has 0 unspecified atom stereocenters. The Hall–Kier alpha value is -2.40. The minimum absolute atomic E-state index is 0.0571. The van der Waals surface area contributed by atoms with Crippen molar-refractivity contribution < 1.29 is 4.79 Å². The normalized spacial score (nSPS) is 15.8. The van der Waals surface area contributed by atoms with Crippen molar-refractivity contribution in [3.63, 3.8) is 0 Å². The van der Waals surface area contributed by atoms with Crippen molar-refractivity contribution >= 4 is 11.7 Å². The number of likely N-dealkylation sites (tertiary alicyclic amines) is 1. The van der Waals surface area contributed by atoms with Gasteiger partial charge in [0.05, 0.1) is 0 Å². The van der Waals surface area contributed by atoms with Crippen molar-refractivity contribution in [3.8, 4) is 0 Å². The lowest BCUT2D eigenvalue weighted by Crippen LogP contribution is -2.39. The van der Waals surface area contributed by atoms with E-state index in [2.05, 4.69) is 15.2 Å². The van der Waals surface area contributed by atoms with E-state index < -0.39 is 0 Å². The number of rotatable bonds is 6. The molecule has 1 aromatic carbocycles. The van der Waals surface area contributed by atoms with Crippen LogP contribution in [0.15, 0.2) is 48.7 Å². The van der Waals surface area contributed by atoms with Crippen LogP contribution in [0.1, 0.15) is 30.0 Å². The smallest absolute Gasteiger partial charge is 0.242 e. The van der Waals surface area contributed by atoms with E-state index in [1.54, 1.807) is 6.20 Å². The molecular formula is C20H26N4O. The fourth-order valence-electron chi connectivity index (χ4n) is 3.41. The standard InChI is InChI=1S/C20H26N4O/c1-23(2)19-17(11-8-12-21-19)15-22-20(25)18(24-13-6-7-14-24)16-9-4-3-5-10-16/h3-5,8-12,18H,6-7,13-15H2,1-2H3,(H,22,25)/t18-/m0/s1. The number of nitrogens with one attached hydrogen (secondary N) is 1. The van der Waals surface area contributed by atoms with Gasteiger partial charge in [-0.25, -0.2) is 4.98 Å². The van der Waals surface area contributed by atoms with E-state index in [0.29, 0.717) is 6.54 Å². The fourth-order valence-corrected chi connectivity index (χ4v) is 3.41. The van der Waals surface area contributed by atoms with Gasteiger partial charge in [0.25, 0.3) is 0 Å². The maximum atomic E-state index is 13.0. The second kappa shape index (κ2) is 8.12. The minimum Gasteiger partial charge on any atom is -0.362 e. The molecule has 1 fully saturated rings. The highest BCUT2D eigenvalue weighted by Crippen LogP contribution is 2.25.